The number of aliphatic hydroxyl groups is 1. The highest BCUT2D eigenvalue weighted by Crippen LogP contribution is 2.41. The molecule has 1 amide bonds. The Balaban J connectivity index is 1.20. The van der Waals surface area contributed by atoms with E-state index in [1.807, 2.05) is 47.1 Å². The number of carbonyl (C=O) groups is 1. The van der Waals surface area contributed by atoms with Gasteiger partial charge in [0, 0.05) is 35.6 Å². The molecule has 3 atom stereocenters. The predicted octanol–water partition coefficient (Wildman–Crippen LogP) is 5.78. The number of aliphatic hydroxyl groups excluding tert-OH is 1. The number of pyridine rings is 1. The second-order valence-electron chi connectivity index (χ2n) is 10.2. The Morgan fingerprint density at radius 1 is 1.11 bits per heavy atom. The highest BCUT2D eigenvalue weighted by atomic mass is 35.5. The maximum absolute atomic E-state index is 13.2. The zero-order chi connectivity index (χ0) is 25.5. The van der Waals surface area contributed by atoms with Crippen LogP contribution in [-0.2, 0) is 13.0 Å². The average Bonchev–Trinajstić information content (AvgIpc) is 3.46. The van der Waals surface area contributed by atoms with Crippen molar-refractivity contribution < 1.29 is 14.6 Å². The Kier molecular flexibility index (Phi) is 6.39. The SMILES string of the molecule is COc1cc(CO)c(-c2cn3ccc(CC4C[C@H]5CC[C@@H](C4)N5C(=O)c4ccccc4)cc3n2)cc1Cl. The molecule has 6 nitrogen and oxygen atoms in total. The Bertz CT molecular complexity index is 1440. The van der Waals surface area contributed by atoms with Gasteiger partial charge in [0.2, 0.25) is 0 Å². The van der Waals surface area contributed by atoms with Crippen LogP contribution >= 0.6 is 11.6 Å². The van der Waals surface area contributed by atoms with Crippen molar-refractivity contribution in [3.8, 4) is 17.0 Å². The Hall–Kier alpha value is -3.35. The average molecular weight is 516 g/mol. The molecule has 0 radical (unpaired) electrons. The lowest BCUT2D eigenvalue weighted by atomic mass is 9.85. The molecule has 1 unspecified atom stereocenters. The first-order valence-corrected chi connectivity index (χ1v) is 13.2. The Labute approximate surface area is 221 Å². The van der Waals surface area contributed by atoms with E-state index in [2.05, 4.69) is 17.0 Å². The number of nitrogens with zero attached hydrogens (tertiary/aromatic N) is 3. The van der Waals surface area contributed by atoms with Crippen molar-refractivity contribution in [3.63, 3.8) is 0 Å². The summed E-state index contributed by atoms with van der Waals surface area (Å²) >= 11 is 6.37. The number of fused-ring (bicyclic) bond motifs is 3. The number of rotatable bonds is 6. The molecule has 190 valence electrons. The molecule has 2 aliphatic heterocycles. The van der Waals surface area contributed by atoms with E-state index in [1.165, 1.54) is 5.56 Å². The molecule has 4 aromatic rings. The molecule has 6 rings (SSSR count). The molecular formula is C30H30ClN3O3. The Morgan fingerprint density at radius 2 is 1.86 bits per heavy atom. The topological polar surface area (TPSA) is 67.1 Å². The van der Waals surface area contributed by atoms with E-state index in [-0.39, 0.29) is 12.5 Å². The molecular weight excluding hydrogens is 486 g/mol. The van der Waals surface area contributed by atoms with E-state index in [0.717, 1.165) is 60.1 Å². The summed E-state index contributed by atoms with van der Waals surface area (Å²) in [6, 6.07) is 18.2. The number of benzene rings is 2. The first kappa shape index (κ1) is 24.0. The van der Waals surface area contributed by atoms with Crippen LogP contribution in [0.3, 0.4) is 0 Å². The van der Waals surface area contributed by atoms with Gasteiger partial charge in [0.15, 0.2) is 0 Å². The summed E-state index contributed by atoms with van der Waals surface area (Å²) in [4.78, 5) is 20.2. The van der Waals surface area contributed by atoms with Gasteiger partial charge in [-0.05, 0) is 85.5 Å². The molecule has 2 aromatic heterocycles. The van der Waals surface area contributed by atoms with Crippen molar-refractivity contribution in [2.24, 2.45) is 5.92 Å². The lowest BCUT2D eigenvalue weighted by Crippen LogP contribution is -2.46. The molecule has 2 fully saturated rings. The van der Waals surface area contributed by atoms with Crippen LogP contribution in [0.4, 0.5) is 0 Å². The van der Waals surface area contributed by atoms with Crippen LogP contribution in [0, 0.1) is 5.92 Å². The van der Waals surface area contributed by atoms with E-state index in [9.17, 15) is 9.90 Å². The molecule has 0 aliphatic carbocycles. The first-order valence-electron chi connectivity index (χ1n) is 12.9. The molecule has 7 heteroatoms. The number of halogens is 1. The lowest BCUT2D eigenvalue weighted by molar-refractivity contribution is 0.0524. The molecule has 2 aliphatic rings. The number of methoxy groups -OCH3 is 1. The number of hydrogen-bond acceptors (Lipinski definition) is 4. The third-order valence-corrected chi connectivity index (χ3v) is 8.25. The minimum absolute atomic E-state index is 0.129. The predicted molar refractivity (Wildman–Crippen MR) is 144 cm³/mol. The number of amides is 1. The smallest absolute Gasteiger partial charge is 0.254 e. The normalized spacial score (nSPS) is 20.9. The van der Waals surface area contributed by atoms with E-state index >= 15 is 0 Å². The van der Waals surface area contributed by atoms with Crippen LogP contribution in [-0.4, -0.2) is 44.5 Å². The quantitative estimate of drug-likeness (QED) is 0.353. The second kappa shape index (κ2) is 9.84. The van der Waals surface area contributed by atoms with Crippen molar-refractivity contribution in [2.75, 3.05) is 7.11 Å². The fourth-order valence-electron chi connectivity index (χ4n) is 6.25. The number of aromatic nitrogens is 2. The van der Waals surface area contributed by atoms with Gasteiger partial charge in [-0.3, -0.25) is 4.79 Å². The maximum Gasteiger partial charge on any atom is 0.254 e. The second-order valence-corrected chi connectivity index (χ2v) is 10.6. The van der Waals surface area contributed by atoms with Gasteiger partial charge in [-0.15, -0.1) is 0 Å². The van der Waals surface area contributed by atoms with Crippen LogP contribution in [0.15, 0.2) is 67.0 Å². The van der Waals surface area contributed by atoms with E-state index in [4.69, 9.17) is 21.3 Å². The Morgan fingerprint density at radius 3 is 2.57 bits per heavy atom. The van der Waals surface area contributed by atoms with E-state index < -0.39 is 0 Å². The molecule has 0 spiro atoms. The van der Waals surface area contributed by atoms with Crippen LogP contribution in [0.25, 0.3) is 16.9 Å². The van der Waals surface area contributed by atoms with Gasteiger partial charge in [-0.1, -0.05) is 29.8 Å². The van der Waals surface area contributed by atoms with Crippen molar-refractivity contribution in [2.45, 2.75) is 50.8 Å². The fraction of sp³-hybridized carbons (Fsp3) is 0.333. The minimum atomic E-state index is -0.129. The maximum atomic E-state index is 13.2. The summed E-state index contributed by atoms with van der Waals surface area (Å²) in [7, 11) is 1.56. The molecule has 2 aromatic carbocycles. The van der Waals surface area contributed by atoms with Gasteiger partial charge in [-0.25, -0.2) is 4.98 Å². The van der Waals surface area contributed by atoms with Gasteiger partial charge in [0.1, 0.15) is 11.4 Å². The fourth-order valence-corrected chi connectivity index (χ4v) is 6.49. The summed E-state index contributed by atoms with van der Waals surface area (Å²) < 4.78 is 7.30. The number of ether oxygens (including phenoxy) is 1. The number of imidazole rings is 1. The van der Waals surface area contributed by atoms with Crippen molar-refractivity contribution in [3.05, 3.63) is 88.7 Å². The summed E-state index contributed by atoms with van der Waals surface area (Å²) in [6.45, 7) is -0.129. The minimum Gasteiger partial charge on any atom is -0.495 e. The number of hydrogen-bond donors (Lipinski definition) is 1. The molecule has 37 heavy (non-hydrogen) atoms. The molecule has 1 N–H and O–H groups in total. The van der Waals surface area contributed by atoms with Gasteiger partial charge < -0.3 is 19.1 Å². The summed E-state index contributed by atoms with van der Waals surface area (Å²) in [5, 5.41) is 10.4. The highest BCUT2D eigenvalue weighted by Gasteiger charge is 2.43. The third kappa shape index (κ3) is 4.49. The zero-order valence-electron chi connectivity index (χ0n) is 20.8. The molecule has 2 saturated heterocycles. The lowest BCUT2D eigenvalue weighted by Gasteiger charge is -2.39. The van der Waals surface area contributed by atoms with Crippen LogP contribution in [0.1, 0.15) is 47.2 Å². The van der Waals surface area contributed by atoms with Crippen molar-refractivity contribution in [1.29, 1.82) is 0 Å². The zero-order valence-corrected chi connectivity index (χ0v) is 21.6. The van der Waals surface area contributed by atoms with Gasteiger partial charge in [0.05, 0.1) is 24.4 Å². The van der Waals surface area contributed by atoms with Gasteiger partial charge >= 0.3 is 0 Å². The molecule has 4 heterocycles. The molecule has 2 bridgehead atoms. The highest BCUT2D eigenvalue weighted by molar-refractivity contribution is 6.32. The van der Waals surface area contributed by atoms with Crippen LogP contribution < -0.4 is 4.74 Å². The van der Waals surface area contributed by atoms with Crippen molar-refractivity contribution >= 4 is 23.2 Å². The van der Waals surface area contributed by atoms with Gasteiger partial charge in [0.25, 0.3) is 5.91 Å². The summed E-state index contributed by atoms with van der Waals surface area (Å²) in [6.07, 6.45) is 9.28. The third-order valence-electron chi connectivity index (χ3n) is 7.96. The number of piperidine rings is 1. The van der Waals surface area contributed by atoms with E-state index in [1.54, 1.807) is 19.2 Å². The standard InChI is InChI=1S/C30H30ClN3O3/c1-37-28-15-22(18-35)25(16-26(28)31)27-17-33-10-9-19(14-29(33)32-27)11-20-12-23-7-8-24(13-20)34(23)30(36)21-5-3-2-4-6-21/h2-6,9-10,14-17,20,23-24,35H,7-8,11-13,18H2,1H3/t20?,23-,24+. The summed E-state index contributed by atoms with van der Waals surface area (Å²) in [5.74, 6) is 1.26. The molecule has 0 saturated carbocycles. The summed E-state index contributed by atoms with van der Waals surface area (Å²) in [5.41, 5.74) is 5.19. The largest absolute Gasteiger partial charge is 0.495 e. The first-order chi connectivity index (χ1) is 18.0. The van der Waals surface area contributed by atoms with Crippen molar-refractivity contribution in [1.82, 2.24) is 14.3 Å². The van der Waals surface area contributed by atoms with Crippen LogP contribution in [0.5, 0.6) is 5.75 Å². The number of carbonyl (C=O) groups excluding carboxylic acids is 1. The van der Waals surface area contributed by atoms with Crippen LogP contribution in [0.2, 0.25) is 5.02 Å². The van der Waals surface area contributed by atoms with E-state index in [0.29, 0.717) is 28.8 Å². The monoisotopic (exact) mass is 515 g/mol. The van der Waals surface area contributed by atoms with Gasteiger partial charge in [-0.2, -0.15) is 0 Å².